The first-order valence-corrected chi connectivity index (χ1v) is 7.36. The van der Waals surface area contributed by atoms with E-state index in [9.17, 15) is 4.79 Å². The van der Waals surface area contributed by atoms with Crippen LogP contribution in [0.25, 0.3) is 5.69 Å². The Kier molecular flexibility index (Phi) is 4.05. The van der Waals surface area contributed by atoms with E-state index in [2.05, 4.69) is 22.6 Å². The van der Waals surface area contributed by atoms with Crippen LogP contribution in [0.3, 0.4) is 0 Å². The van der Waals surface area contributed by atoms with Crippen molar-refractivity contribution >= 4 is 17.4 Å². The van der Waals surface area contributed by atoms with Gasteiger partial charge in [-0.2, -0.15) is 4.68 Å². The van der Waals surface area contributed by atoms with Gasteiger partial charge in [0.15, 0.2) is 11.5 Å². The van der Waals surface area contributed by atoms with Gasteiger partial charge >= 0.3 is 0 Å². The van der Waals surface area contributed by atoms with Gasteiger partial charge in [0.1, 0.15) is 0 Å². The number of anilines is 2. The third-order valence-corrected chi connectivity index (χ3v) is 3.54. The smallest absolute Gasteiger partial charge is 0.280 e. The highest BCUT2D eigenvalue weighted by atomic mass is 16.2. The highest BCUT2D eigenvalue weighted by Crippen LogP contribution is 2.17. The van der Waals surface area contributed by atoms with Crippen LogP contribution in [0.2, 0.25) is 0 Å². The molecule has 1 amide bonds. The van der Waals surface area contributed by atoms with E-state index in [0.29, 0.717) is 5.69 Å². The van der Waals surface area contributed by atoms with Crippen molar-refractivity contribution < 1.29 is 4.79 Å². The first-order valence-electron chi connectivity index (χ1n) is 7.36. The summed E-state index contributed by atoms with van der Waals surface area (Å²) in [5.41, 5.74) is 8.77. The number of aryl methyl sites for hydroxylation is 1. The van der Waals surface area contributed by atoms with Crippen LogP contribution < -0.4 is 11.1 Å². The van der Waals surface area contributed by atoms with Gasteiger partial charge < -0.3 is 11.1 Å². The number of para-hydroxylation sites is 1. The normalized spacial score (nSPS) is 10.5. The fourth-order valence-electron chi connectivity index (χ4n) is 2.22. The molecular formula is C17H17N5O. The maximum atomic E-state index is 12.3. The summed E-state index contributed by atoms with van der Waals surface area (Å²) >= 11 is 0. The summed E-state index contributed by atoms with van der Waals surface area (Å²) in [6.07, 6.45) is 0.951. The Morgan fingerprint density at radius 2 is 1.83 bits per heavy atom. The Morgan fingerprint density at radius 3 is 2.48 bits per heavy atom. The average molecular weight is 307 g/mol. The van der Waals surface area contributed by atoms with Crippen molar-refractivity contribution in [3.05, 3.63) is 65.9 Å². The lowest BCUT2D eigenvalue weighted by atomic mass is 10.1. The molecule has 0 radical (unpaired) electrons. The van der Waals surface area contributed by atoms with Crippen LogP contribution in [0.15, 0.2) is 54.6 Å². The summed E-state index contributed by atoms with van der Waals surface area (Å²) in [6, 6.07) is 17.0. The Hall–Kier alpha value is -3.15. The number of benzene rings is 2. The molecule has 6 heteroatoms. The monoisotopic (exact) mass is 307 g/mol. The minimum atomic E-state index is -0.381. The number of nitrogens with one attached hydrogen (secondary N) is 1. The first-order chi connectivity index (χ1) is 11.2. The number of carbonyl (C=O) groups excluding carboxylic acids is 1. The number of carbonyl (C=O) groups is 1. The molecule has 0 fully saturated rings. The molecule has 6 nitrogen and oxygen atoms in total. The van der Waals surface area contributed by atoms with Crippen molar-refractivity contribution in [2.24, 2.45) is 0 Å². The van der Waals surface area contributed by atoms with Crippen LogP contribution >= 0.6 is 0 Å². The lowest BCUT2D eigenvalue weighted by Gasteiger charge is -2.05. The van der Waals surface area contributed by atoms with E-state index in [0.717, 1.165) is 12.1 Å². The van der Waals surface area contributed by atoms with Crippen molar-refractivity contribution in [2.45, 2.75) is 13.3 Å². The van der Waals surface area contributed by atoms with Gasteiger partial charge in [-0.1, -0.05) is 42.5 Å². The van der Waals surface area contributed by atoms with Crippen LogP contribution in [0.1, 0.15) is 23.0 Å². The summed E-state index contributed by atoms with van der Waals surface area (Å²) < 4.78 is 1.44. The quantitative estimate of drug-likeness (QED) is 0.776. The molecule has 23 heavy (non-hydrogen) atoms. The SMILES string of the molecule is CCc1ccc(NC(=O)c2nnn(-c3ccccc3)c2N)cc1. The average Bonchev–Trinajstić information content (AvgIpc) is 2.98. The van der Waals surface area contributed by atoms with Crippen molar-refractivity contribution in [1.29, 1.82) is 0 Å². The minimum absolute atomic E-state index is 0.105. The molecule has 0 atom stereocenters. The molecule has 1 heterocycles. The molecule has 0 aliphatic carbocycles. The van der Waals surface area contributed by atoms with E-state index < -0.39 is 0 Å². The predicted octanol–water partition coefficient (Wildman–Crippen LogP) is 2.66. The number of amides is 1. The third kappa shape index (κ3) is 3.06. The van der Waals surface area contributed by atoms with E-state index in [4.69, 9.17) is 5.73 Å². The second kappa shape index (κ2) is 6.31. The van der Waals surface area contributed by atoms with Crippen molar-refractivity contribution in [3.8, 4) is 5.69 Å². The molecule has 3 N–H and O–H groups in total. The maximum absolute atomic E-state index is 12.3. The van der Waals surface area contributed by atoms with Crippen molar-refractivity contribution in [2.75, 3.05) is 11.1 Å². The molecule has 0 saturated heterocycles. The van der Waals surface area contributed by atoms with Crippen LogP contribution in [0, 0.1) is 0 Å². The summed E-state index contributed by atoms with van der Waals surface area (Å²) in [6.45, 7) is 2.08. The van der Waals surface area contributed by atoms with Gasteiger partial charge in [0.2, 0.25) is 0 Å². The van der Waals surface area contributed by atoms with Gasteiger partial charge in [0, 0.05) is 5.69 Å². The van der Waals surface area contributed by atoms with E-state index in [1.54, 1.807) is 0 Å². The Morgan fingerprint density at radius 1 is 1.13 bits per heavy atom. The number of nitrogen functional groups attached to an aromatic ring is 1. The lowest BCUT2D eigenvalue weighted by molar-refractivity contribution is 0.102. The zero-order valence-corrected chi connectivity index (χ0v) is 12.7. The fourth-order valence-corrected chi connectivity index (χ4v) is 2.22. The molecule has 0 aliphatic heterocycles. The first kappa shape index (κ1) is 14.8. The molecule has 0 saturated carbocycles. The summed E-state index contributed by atoms with van der Waals surface area (Å²) in [5.74, 6) is -0.173. The zero-order chi connectivity index (χ0) is 16.2. The van der Waals surface area contributed by atoms with Crippen LogP contribution in [-0.2, 0) is 6.42 Å². The lowest BCUT2D eigenvalue weighted by Crippen LogP contribution is -2.15. The fraction of sp³-hybridized carbons (Fsp3) is 0.118. The molecule has 1 aromatic heterocycles. The number of nitrogens with zero attached hydrogens (tertiary/aromatic N) is 3. The topological polar surface area (TPSA) is 85.8 Å². The van der Waals surface area contributed by atoms with Crippen LogP contribution in [0.5, 0.6) is 0 Å². The number of rotatable bonds is 4. The van der Waals surface area contributed by atoms with Gasteiger partial charge in [-0.3, -0.25) is 4.79 Å². The Bertz CT molecular complexity index is 809. The van der Waals surface area contributed by atoms with Gasteiger partial charge in [0.05, 0.1) is 5.69 Å². The molecule has 0 bridgehead atoms. The van der Waals surface area contributed by atoms with Crippen LogP contribution in [0.4, 0.5) is 11.5 Å². The largest absolute Gasteiger partial charge is 0.382 e. The molecule has 3 rings (SSSR count). The molecule has 2 aromatic carbocycles. The molecule has 3 aromatic rings. The standard InChI is InChI=1S/C17H17N5O/c1-2-12-8-10-13(11-9-12)19-17(23)15-16(18)22(21-20-15)14-6-4-3-5-7-14/h3-11H,2,18H2,1H3,(H,19,23). The molecule has 0 spiro atoms. The third-order valence-electron chi connectivity index (χ3n) is 3.54. The van der Waals surface area contributed by atoms with E-state index in [1.807, 2.05) is 54.6 Å². The van der Waals surface area contributed by atoms with E-state index in [1.165, 1.54) is 10.2 Å². The molecular weight excluding hydrogens is 290 g/mol. The number of hydrogen-bond acceptors (Lipinski definition) is 4. The number of nitrogens with two attached hydrogens (primary N) is 1. The van der Waals surface area contributed by atoms with Gasteiger partial charge in [-0.05, 0) is 36.2 Å². The van der Waals surface area contributed by atoms with E-state index in [-0.39, 0.29) is 17.4 Å². The second-order valence-corrected chi connectivity index (χ2v) is 5.08. The highest BCUT2D eigenvalue weighted by molar-refractivity contribution is 6.05. The Labute approximate surface area is 133 Å². The number of aromatic nitrogens is 3. The maximum Gasteiger partial charge on any atom is 0.280 e. The second-order valence-electron chi connectivity index (χ2n) is 5.08. The molecule has 116 valence electrons. The van der Waals surface area contributed by atoms with Crippen molar-refractivity contribution in [3.63, 3.8) is 0 Å². The number of hydrogen-bond donors (Lipinski definition) is 2. The van der Waals surface area contributed by atoms with Gasteiger partial charge in [-0.15, -0.1) is 5.10 Å². The molecule has 0 aliphatic rings. The zero-order valence-electron chi connectivity index (χ0n) is 12.7. The van der Waals surface area contributed by atoms with Crippen LogP contribution in [-0.4, -0.2) is 20.9 Å². The minimum Gasteiger partial charge on any atom is -0.382 e. The predicted molar refractivity (Wildman–Crippen MR) is 89.5 cm³/mol. The van der Waals surface area contributed by atoms with Crippen molar-refractivity contribution in [1.82, 2.24) is 15.0 Å². The summed E-state index contributed by atoms with van der Waals surface area (Å²) in [7, 11) is 0. The molecule has 0 unspecified atom stereocenters. The van der Waals surface area contributed by atoms with Gasteiger partial charge in [-0.25, -0.2) is 0 Å². The Balaban J connectivity index is 1.81. The highest BCUT2D eigenvalue weighted by Gasteiger charge is 2.18. The van der Waals surface area contributed by atoms with Gasteiger partial charge in [0.25, 0.3) is 5.91 Å². The van der Waals surface area contributed by atoms with E-state index >= 15 is 0 Å². The summed E-state index contributed by atoms with van der Waals surface area (Å²) in [4.78, 5) is 12.3. The summed E-state index contributed by atoms with van der Waals surface area (Å²) in [5, 5.41) is 10.6.